The molecule has 0 atom stereocenters. The van der Waals surface area contributed by atoms with Crippen molar-refractivity contribution in [1.82, 2.24) is 9.88 Å². The minimum Gasteiger partial charge on any atom is -0.352 e. The molecule has 1 saturated heterocycles. The third-order valence-electron chi connectivity index (χ3n) is 3.97. The second-order valence-electron chi connectivity index (χ2n) is 5.46. The predicted molar refractivity (Wildman–Crippen MR) is 88.0 cm³/mol. The van der Waals surface area contributed by atoms with Gasteiger partial charge in [-0.15, -0.1) is 0 Å². The van der Waals surface area contributed by atoms with E-state index in [-0.39, 0.29) is 5.91 Å². The molecule has 1 amide bonds. The van der Waals surface area contributed by atoms with Gasteiger partial charge in [0.2, 0.25) is 0 Å². The van der Waals surface area contributed by atoms with Gasteiger partial charge in [-0.25, -0.2) is 4.98 Å². The lowest BCUT2D eigenvalue weighted by Gasteiger charge is -2.35. The molecule has 0 unspecified atom stereocenters. The summed E-state index contributed by atoms with van der Waals surface area (Å²) < 4.78 is 0. The lowest BCUT2D eigenvalue weighted by atomic mass is 10.1. The molecule has 2 aromatic rings. The van der Waals surface area contributed by atoms with Gasteiger partial charge in [-0.2, -0.15) is 5.26 Å². The molecular weight excluding hydrogens is 288 g/mol. The van der Waals surface area contributed by atoms with Gasteiger partial charge in [0.15, 0.2) is 0 Å². The molecule has 0 spiro atoms. The van der Waals surface area contributed by atoms with Crippen LogP contribution in [0.3, 0.4) is 0 Å². The Bertz CT molecular complexity index is 740. The molecule has 1 aromatic carbocycles. The number of aromatic nitrogens is 1. The van der Waals surface area contributed by atoms with Crippen molar-refractivity contribution in [3.05, 3.63) is 66.2 Å². The van der Waals surface area contributed by atoms with Gasteiger partial charge in [0.05, 0.1) is 5.56 Å². The van der Waals surface area contributed by atoms with Crippen molar-refractivity contribution in [3.63, 3.8) is 0 Å². The van der Waals surface area contributed by atoms with E-state index in [1.54, 1.807) is 18.3 Å². The van der Waals surface area contributed by atoms with Crippen molar-refractivity contribution >= 4 is 11.7 Å². The standard InChI is InChI=1S/C18H17N4O/c1-14-4-6-15(7-5-14)18(23)22-11-9-21(10-12-22)17-16(13-19)3-2-8-20-17/h2-8H,1,9-12H2. The van der Waals surface area contributed by atoms with Crippen LogP contribution in [0.1, 0.15) is 21.5 Å². The fourth-order valence-electron chi connectivity index (χ4n) is 2.69. The minimum atomic E-state index is 0.0335. The highest BCUT2D eigenvalue weighted by Crippen LogP contribution is 2.19. The summed E-state index contributed by atoms with van der Waals surface area (Å²) in [5, 5.41) is 9.17. The SMILES string of the molecule is [CH2]c1ccc(C(=O)N2CCN(c3ncccc3C#N)CC2)cc1. The van der Waals surface area contributed by atoms with Crippen molar-refractivity contribution in [2.45, 2.75) is 0 Å². The molecule has 1 radical (unpaired) electrons. The van der Waals surface area contributed by atoms with Gasteiger partial charge in [-0.1, -0.05) is 12.1 Å². The Hall–Kier alpha value is -2.87. The Kier molecular flexibility index (Phi) is 4.24. The van der Waals surface area contributed by atoms with Crippen LogP contribution in [0.25, 0.3) is 0 Å². The molecule has 2 heterocycles. The molecule has 0 N–H and O–H groups in total. The lowest BCUT2D eigenvalue weighted by molar-refractivity contribution is 0.0746. The number of carbonyl (C=O) groups is 1. The third-order valence-corrected chi connectivity index (χ3v) is 3.97. The number of nitrogens with zero attached hydrogens (tertiary/aromatic N) is 4. The molecule has 1 aliphatic heterocycles. The maximum atomic E-state index is 12.5. The second-order valence-corrected chi connectivity index (χ2v) is 5.46. The van der Waals surface area contributed by atoms with E-state index >= 15 is 0 Å². The largest absolute Gasteiger partial charge is 0.352 e. The Balaban J connectivity index is 1.68. The normalized spacial score (nSPS) is 14.4. The van der Waals surface area contributed by atoms with Crippen molar-refractivity contribution < 1.29 is 4.79 Å². The summed E-state index contributed by atoms with van der Waals surface area (Å²) in [6.45, 7) is 6.41. The van der Waals surface area contributed by atoms with Crippen LogP contribution in [-0.2, 0) is 0 Å². The molecule has 0 bridgehead atoms. The van der Waals surface area contributed by atoms with Gasteiger partial charge in [0.25, 0.3) is 5.91 Å². The highest BCUT2D eigenvalue weighted by Gasteiger charge is 2.23. The number of carbonyl (C=O) groups excluding carboxylic acids is 1. The minimum absolute atomic E-state index is 0.0335. The van der Waals surface area contributed by atoms with E-state index in [4.69, 9.17) is 0 Å². The van der Waals surface area contributed by atoms with Gasteiger partial charge < -0.3 is 9.80 Å². The Labute approximate surface area is 135 Å². The summed E-state index contributed by atoms with van der Waals surface area (Å²) in [7, 11) is 0. The van der Waals surface area contributed by atoms with Crippen LogP contribution in [-0.4, -0.2) is 42.0 Å². The highest BCUT2D eigenvalue weighted by molar-refractivity contribution is 5.94. The van der Waals surface area contributed by atoms with Crippen molar-refractivity contribution in [3.8, 4) is 6.07 Å². The molecule has 5 nitrogen and oxygen atoms in total. The molecule has 0 aliphatic carbocycles. The second kappa shape index (κ2) is 6.49. The molecular formula is C18H17N4O. The Morgan fingerprint density at radius 2 is 1.83 bits per heavy atom. The van der Waals surface area contributed by atoms with E-state index in [0.717, 1.165) is 5.56 Å². The predicted octanol–water partition coefficient (Wildman–Crippen LogP) is 2.10. The summed E-state index contributed by atoms with van der Waals surface area (Å²) in [6, 6.07) is 13.0. The highest BCUT2D eigenvalue weighted by atomic mass is 16.2. The first-order valence-electron chi connectivity index (χ1n) is 7.50. The van der Waals surface area contributed by atoms with Crippen LogP contribution >= 0.6 is 0 Å². The number of hydrogen-bond donors (Lipinski definition) is 0. The van der Waals surface area contributed by atoms with Gasteiger partial charge in [-0.05, 0) is 36.8 Å². The van der Waals surface area contributed by atoms with Crippen molar-refractivity contribution in [1.29, 1.82) is 5.26 Å². The zero-order valence-corrected chi connectivity index (χ0v) is 12.8. The zero-order chi connectivity index (χ0) is 16.2. The molecule has 1 fully saturated rings. The monoisotopic (exact) mass is 305 g/mol. The average molecular weight is 305 g/mol. The van der Waals surface area contributed by atoms with Crippen LogP contribution in [0.5, 0.6) is 0 Å². The van der Waals surface area contributed by atoms with Crippen LogP contribution in [0.15, 0.2) is 42.6 Å². The van der Waals surface area contributed by atoms with Crippen LogP contribution < -0.4 is 4.90 Å². The first kappa shape index (κ1) is 15.0. The fraction of sp³-hybridized carbons (Fsp3) is 0.222. The van der Waals surface area contributed by atoms with E-state index in [1.807, 2.05) is 29.2 Å². The number of amides is 1. The summed E-state index contributed by atoms with van der Waals surface area (Å²) in [5.74, 6) is 0.731. The zero-order valence-electron chi connectivity index (χ0n) is 12.8. The Morgan fingerprint density at radius 1 is 1.13 bits per heavy atom. The molecule has 115 valence electrons. The van der Waals surface area contributed by atoms with Gasteiger partial charge in [0.1, 0.15) is 11.9 Å². The van der Waals surface area contributed by atoms with Crippen molar-refractivity contribution in [2.24, 2.45) is 0 Å². The van der Waals surface area contributed by atoms with Crippen LogP contribution in [0.4, 0.5) is 5.82 Å². The topological polar surface area (TPSA) is 60.2 Å². The van der Waals surface area contributed by atoms with E-state index in [0.29, 0.717) is 43.1 Å². The molecule has 1 aliphatic rings. The van der Waals surface area contributed by atoms with Gasteiger partial charge in [0, 0.05) is 37.9 Å². The van der Waals surface area contributed by atoms with E-state index in [1.165, 1.54) is 0 Å². The van der Waals surface area contributed by atoms with Crippen molar-refractivity contribution in [2.75, 3.05) is 31.1 Å². The molecule has 0 saturated carbocycles. The quantitative estimate of drug-likeness (QED) is 0.852. The van der Waals surface area contributed by atoms with Crippen LogP contribution in [0.2, 0.25) is 0 Å². The third kappa shape index (κ3) is 3.16. The average Bonchev–Trinajstić information content (AvgIpc) is 2.62. The summed E-state index contributed by atoms with van der Waals surface area (Å²) in [5.41, 5.74) is 2.14. The number of nitriles is 1. The van der Waals surface area contributed by atoms with E-state index in [2.05, 4.69) is 22.9 Å². The van der Waals surface area contributed by atoms with Crippen LogP contribution in [0, 0.1) is 18.3 Å². The molecule has 3 rings (SSSR count). The number of piperazine rings is 1. The summed E-state index contributed by atoms with van der Waals surface area (Å²) in [6.07, 6.45) is 1.69. The molecule has 5 heteroatoms. The smallest absolute Gasteiger partial charge is 0.253 e. The number of anilines is 1. The molecule has 23 heavy (non-hydrogen) atoms. The summed E-state index contributed by atoms with van der Waals surface area (Å²) >= 11 is 0. The summed E-state index contributed by atoms with van der Waals surface area (Å²) in [4.78, 5) is 20.7. The fourth-order valence-corrected chi connectivity index (χ4v) is 2.69. The maximum absolute atomic E-state index is 12.5. The number of hydrogen-bond acceptors (Lipinski definition) is 4. The number of rotatable bonds is 2. The Morgan fingerprint density at radius 3 is 2.48 bits per heavy atom. The van der Waals surface area contributed by atoms with E-state index < -0.39 is 0 Å². The van der Waals surface area contributed by atoms with Gasteiger partial charge in [-0.3, -0.25) is 4.79 Å². The first-order valence-corrected chi connectivity index (χ1v) is 7.50. The number of benzene rings is 1. The maximum Gasteiger partial charge on any atom is 0.253 e. The number of pyridine rings is 1. The van der Waals surface area contributed by atoms with Gasteiger partial charge >= 0.3 is 0 Å². The van der Waals surface area contributed by atoms with E-state index in [9.17, 15) is 10.1 Å². The lowest BCUT2D eigenvalue weighted by Crippen LogP contribution is -2.49. The molecule has 1 aromatic heterocycles. The first-order chi connectivity index (χ1) is 11.2.